The Bertz CT molecular complexity index is 2530. The largest absolute Gasteiger partial charge is 0.495 e. The van der Waals surface area contributed by atoms with E-state index in [1.54, 1.807) is 51.5 Å². The molecule has 0 spiro atoms. The van der Waals surface area contributed by atoms with Crippen LogP contribution in [0.1, 0.15) is 99.8 Å². The topological polar surface area (TPSA) is 199 Å². The van der Waals surface area contributed by atoms with Gasteiger partial charge in [-0.05, 0) is 112 Å². The van der Waals surface area contributed by atoms with E-state index in [1.807, 2.05) is 37.3 Å². The number of rotatable bonds is 14. The molecule has 0 saturated heterocycles. The Morgan fingerprint density at radius 1 is 0.588 bits per heavy atom. The van der Waals surface area contributed by atoms with E-state index in [0.29, 0.717) is 63.1 Å². The zero-order valence-corrected chi connectivity index (χ0v) is 40.9. The van der Waals surface area contributed by atoms with Crippen molar-refractivity contribution < 1.29 is 23.7 Å². The highest BCUT2D eigenvalue weighted by Crippen LogP contribution is 2.31. The van der Waals surface area contributed by atoms with Crippen molar-refractivity contribution in [3.8, 4) is 17.5 Å². The van der Waals surface area contributed by atoms with E-state index >= 15 is 0 Å². The van der Waals surface area contributed by atoms with Crippen molar-refractivity contribution in [1.82, 2.24) is 39.9 Å². The molecule has 68 heavy (non-hydrogen) atoms. The van der Waals surface area contributed by atoms with Gasteiger partial charge in [0.25, 0.3) is 0 Å². The zero-order chi connectivity index (χ0) is 48.3. The molecular formula is C48H58Cl3FN12O4. The average Bonchev–Trinajstić information content (AvgIpc) is 3.75. The van der Waals surface area contributed by atoms with Crippen LogP contribution < -0.4 is 35.5 Å². The molecule has 2 aromatic carbocycles. The van der Waals surface area contributed by atoms with E-state index in [1.165, 1.54) is 57.4 Å². The Kier molecular flexibility index (Phi) is 20.2. The minimum absolute atomic E-state index is 0.111. The van der Waals surface area contributed by atoms with E-state index < -0.39 is 5.82 Å². The van der Waals surface area contributed by atoms with Crippen molar-refractivity contribution in [2.45, 2.75) is 116 Å². The predicted molar refractivity (Wildman–Crippen MR) is 266 cm³/mol. The van der Waals surface area contributed by atoms with Crippen LogP contribution in [0, 0.1) is 19.7 Å². The molecule has 16 nitrogen and oxygen atoms in total. The summed E-state index contributed by atoms with van der Waals surface area (Å²) in [6.45, 7) is 3.62. The number of methoxy groups -OCH3 is 2. The van der Waals surface area contributed by atoms with Crippen molar-refractivity contribution in [2.24, 2.45) is 0 Å². The highest BCUT2D eigenvalue weighted by molar-refractivity contribution is 6.32. The normalized spacial score (nSPS) is 14.1. The number of aromatic nitrogens is 8. The minimum Gasteiger partial charge on any atom is -0.495 e. The molecule has 362 valence electrons. The fourth-order valence-corrected chi connectivity index (χ4v) is 8.17. The molecule has 0 amide bonds. The summed E-state index contributed by atoms with van der Waals surface area (Å²) >= 11 is 18.5. The molecule has 6 aromatic rings. The second-order valence-electron chi connectivity index (χ2n) is 16.2. The van der Waals surface area contributed by atoms with E-state index in [2.05, 4.69) is 61.1 Å². The maximum atomic E-state index is 12.5. The van der Waals surface area contributed by atoms with Gasteiger partial charge in [-0.2, -0.15) is 29.9 Å². The summed E-state index contributed by atoms with van der Waals surface area (Å²) in [5.74, 6) is 2.49. The molecule has 0 unspecified atom stereocenters. The van der Waals surface area contributed by atoms with Crippen molar-refractivity contribution in [3.05, 3.63) is 111 Å². The summed E-state index contributed by atoms with van der Waals surface area (Å²) in [5, 5.41) is 22.8. The van der Waals surface area contributed by atoms with E-state index in [4.69, 9.17) is 54.1 Å². The van der Waals surface area contributed by atoms with Gasteiger partial charge in [-0.25, -0.2) is 4.39 Å². The van der Waals surface area contributed by atoms with Crippen LogP contribution in [0.3, 0.4) is 0 Å². The SMILES string of the molecule is COc1ccc(Nc2nc(Cl)nc(NC3CCCCCC3)n2)cc1Cl.COc1ccc(Nc2nc(NC3CCCCCC3)nc(OCc3cccc(C)n3)n2)cc1Cl.Cc1ccc(F)c(CO)n1. The summed E-state index contributed by atoms with van der Waals surface area (Å²) in [6, 6.07) is 20.4. The second-order valence-corrected chi connectivity index (χ2v) is 17.4. The van der Waals surface area contributed by atoms with E-state index in [0.717, 1.165) is 48.4 Å². The Morgan fingerprint density at radius 2 is 1.09 bits per heavy atom. The van der Waals surface area contributed by atoms with Crippen LogP contribution >= 0.6 is 34.8 Å². The molecule has 5 N–H and O–H groups in total. The molecule has 0 atom stereocenters. The Labute approximate surface area is 411 Å². The van der Waals surface area contributed by atoms with Crippen LogP contribution in [0.25, 0.3) is 0 Å². The average molecular weight is 992 g/mol. The summed E-state index contributed by atoms with van der Waals surface area (Å²) in [4.78, 5) is 34.5. The number of nitrogens with zero attached hydrogens (tertiary/aromatic N) is 8. The van der Waals surface area contributed by atoms with Crippen LogP contribution in [-0.2, 0) is 13.2 Å². The number of hydrogen-bond acceptors (Lipinski definition) is 16. The quantitative estimate of drug-likeness (QED) is 0.0645. The number of nitrogens with one attached hydrogen (secondary N) is 4. The monoisotopic (exact) mass is 990 g/mol. The van der Waals surface area contributed by atoms with Gasteiger partial charge in [-0.3, -0.25) is 9.97 Å². The molecule has 4 aromatic heterocycles. The Balaban J connectivity index is 0.000000191. The fraction of sp³-hybridized carbons (Fsp3) is 0.417. The molecule has 2 saturated carbocycles. The highest BCUT2D eigenvalue weighted by Gasteiger charge is 2.18. The lowest BCUT2D eigenvalue weighted by Gasteiger charge is -2.17. The number of anilines is 6. The van der Waals surface area contributed by atoms with E-state index in [9.17, 15) is 4.39 Å². The lowest BCUT2D eigenvalue weighted by atomic mass is 10.1. The summed E-state index contributed by atoms with van der Waals surface area (Å²) in [7, 11) is 3.16. The van der Waals surface area contributed by atoms with Crippen LogP contribution in [0.5, 0.6) is 17.5 Å². The summed E-state index contributed by atoms with van der Waals surface area (Å²) < 4.78 is 28.8. The van der Waals surface area contributed by atoms with Crippen molar-refractivity contribution in [2.75, 3.05) is 35.5 Å². The molecule has 2 aliphatic carbocycles. The first-order chi connectivity index (χ1) is 33.0. The van der Waals surface area contributed by atoms with Crippen LogP contribution in [0.2, 0.25) is 15.3 Å². The lowest BCUT2D eigenvalue weighted by Crippen LogP contribution is -2.21. The minimum atomic E-state index is -0.451. The first-order valence-electron chi connectivity index (χ1n) is 22.7. The predicted octanol–water partition coefficient (Wildman–Crippen LogP) is 11.8. The van der Waals surface area contributed by atoms with Gasteiger partial charge in [0.05, 0.1) is 36.6 Å². The molecule has 2 fully saturated rings. The van der Waals surface area contributed by atoms with Crippen LogP contribution in [0.15, 0.2) is 66.7 Å². The third-order valence-corrected chi connectivity index (χ3v) is 11.7. The third-order valence-electron chi connectivity index (χ3n) is 10.9. The molecule has 4 heterocycles. The number of aliphatic hydroxyl groups is 1. The third kappa shape index (κ3) is 16.7. The Hall–Kier alpha value is -5.88. The molecule has 2 aliphatic rings. The molecule has 0 bridgehead atoms. The van der Waals surface area contributed by atoms with Gasteiger partial charge >= 0.3 is 6.01 Å². The van der Waals surface area contributed by atoms with Crippen molar-refractivity contribution in [1.29, 1.82) is 0 Å². The smallest absolute Gasteiger partial charge is 0.323 e. The van der Waals surface area contributed by atoms with Crippen molar-refractivity contribution in [3.63, 3.8) is 0 Å². The maximum absolute atomic E-state index is 12.5. The standard InChI is InChI=1S/C24H29ClN6O2.C17H21Cl2N5O.C7H8FNO/c1-16-8-7-11-19(26-16)15-33-24-30-22(27-17-9-5-3-4-6-10-17)29-23(31-24)28-18-12-13-21(32-2)20(25)14-18;1-25-14-9-8-12(10-13(14)18)21-17-23-15(19)22-16(24-17)20-11-6-4-2-3-5-7-11;1-5-2-3-6(8)7(4-10)9-5/h7-8,11-14,17H,3-6,9-10,15H2,1-2H3,(H2,27,28,29,30,31);8-11H,2-7H2,1H3,(H2,20,21,22,23,24);2-3,10H,4H2,1H3. The van der Waals surface area contributed by atoms with Crippen LogP contribution in [0.4, 0.5) is 39.6 Å². The Morgan fingerprint density at radius 3 is 1.59 bits per heavy atom. The highest BCUT2D eigenvalue weighted by atomic mass is 35.5. The van der Waals surface area contributed by atoms with Crippen molar-refractivity contribution >= 4 is 70.0 Å². The number of ether oxygens (including phenoxy) is 3. The first kappa shape index (κ1) is 51.5. The second kappa shape index (κ2) is 26.6. The molecule has 0 radical (unpaired) electrons. The molecule has 20 heteroatoms. The lowest BCUT2D eigenvalue weighted by molar-refractivity contribution is 0.269. The van der Waals surface area contributed by atoms with Crippen LogP contribution in [-0.4, -0.2) is 71.3 Å². The number of aryl methyl sites for hydroxylation is 2. The van der Waals surface area contributed by atoms with Gasteiger partial charge in [0.1, 0.15) is 29.6 Å². The number of halogens is 4. The van der Waals surface area contributed by atoms with Gasteiger partial charge in [-0.15, -0.1) is 0 Å². The fourth-order valence-electron chi connectivity index (χ4n) is 7.49. The number of aliphatic hydroxyl groups excluding tert-OH is 1. The van der Waals surface area contributed by atoms with Gasteiger partial charge < -0.3 is 40.6 Å². The number of pyridine rings is 2. The molecule has 8 rings (SSSR count). The summed E-state index contributed by atoms with van der Waals surface area (Å²) in [6.07, 6.45) is 14.5. The van der Waals surface area contributed by atoms with E-state index in [-0.39, 0.29) is 30.2 Å². The van der Waals surface area contributed by atoms with Gasteiger partial charge in [-0.1, -0.05) is 80.6 Å². The molecular weight excluding hydrogens is 934 g/mol. The summed E-state index contributed by atoms with van der Waals surface area (Å²) in [5.41, 5.74) is 4.05. The number of hydrogen-bond donors (Lipinski definition) is 5. The molecule has 0 aliphatic heterocycles. The number of benzene rings is 2. The zero-order valence-electron chi connectivity index (χ0n) is 38.7. The maximum Gasteiger partial charge on any atom is 0.323 e. The van der Waals surface area contributed by atoms with Gasteiger partial charge in [0.15, 0.2) is 0 Å². The van der Waals surface area contributed by atoms with Gasteiger partial charge in [0, 0.05) is 34.8 Å². The first-order valence-corrected chi connectivity index (χ1v) is 23.8. The van der Waals surface area contributed by atoms with Gasteiger partial charge in [0.2, 0.25) is 29.1 Å².